The maximum atomic E-state index is 12.9. The van der Waals surface area contributed by atoms with E-state index in [9.17, 15) is 14.4 Å². The van der Waals surface area contributed by atoms with Crippen molar-refractivity contribution in [2.45, 2.75) is 20.0 Å². The zero-order valence-corrected chi connectivity index (χ0v) is 17.2. The molecule has 0 saturated heterocycles. The third kappa shape index (κ3) is 3.77. The molecule has 1 aliphatic rings. The van der Waals surface area contributed by atoms with Crippen LogP contribution in [0.15, 0.2) is 53.3 Å². The first-order chi connectivity index (χ1) is 14.9. The molecule has 0 fully saturated rings. The van der Waals surface area contributed by atoms with E-state index in [-0.39, 0.29) is 23.6 Å². The van der Waals surface area contributed by atoms with E-state index in [0.29, 0.717) is 22.9 Å². The first-order valence-corrected chi connectivity index (χ1v) is 9.62. The molecule has 1 aromatic heterocycles. The van der Waals surface area contributed by atoms with Crippen LogP contribution in [0.5, 0.6) is 11.5 Å². The maximum absolute atomic E-state index is 12.9. The van der Waals surface area contributed by atoms with Crippen LogP contribution >= 0.6 is 0 Å². The molecular weight excluding hydrogens is 402 g/mol. The minimum Gasteiger partial charge on any atom is -0.454 e. The predicted molar refractivity (Wildman–Crippen MR) is 112 cm³/mol. The van der Waals surface area contributed by atoms with E-state index in [1.165, 1.54) is 23.7 Å². The van der Waals surface area contributed by atoms with Crippen molar-refractivity contribution < 1.29 is 23.8 Å². The van der Waals surface area contributed by atoms with E-state index in [0.717, 1.165) is 0 Å². The second-order valence-electron chi connectivity index (χ2n) is 7.04. The van der Waals surface area contributed by atoms with Crippen LogP contribution in [0.25, 0.3) is 5.69 Å². The highest BCUT2D eigenvalue weighted by molar-refractivity contribution is 5.97. The van der Waals surface area contributed by atoms with Crippen molar-refractivity contribution >= 4 is 17.6 Å². The third-order valence-corrected chi connectivity index (χ3v) is 5.06. The number of para-hydroxylation sites is 1. The van der Waals surface area contributed by atoms with Crippen molar-refractivity contribution in [1.29, 1.82) is 0 Å². The van der Waals surface area contributed by atoms with Crippen LogP contribution in [0.3, 0.4) is 0 Å². The van der Waals surface area contributed by atoms with Crippen molar-refractivity contribution in [3.63, 3.8) is 0 Å². The van der Waals surface area contributed by atoms with Crippen molar-refractivity contribution in [3.8, 4) is 17.2 Å². The number of amides is 1. The topological polar surface area (TPSA) is 101 Å². The molecule has 1 aliphatic heterocycles. The molecule has 0 saturated carbocycles. The van der Waals surface area contributed by atoms with Crippen LogP contribution in [0.2, 0.25) is 0 Å². The number of carbonyl (C=O) groups is 2. The summed E-state index contributed by atoms with van der Waals surface area (Å²) in [5, 5.41) is 2.59. The smallest absolute Gasteiger partial charge is 0.339 e. The number of benzene rings is 2. The Morgan fingerprint density at radius 2 is 1.81 bits per heavy atom. The fourth-order valence-electron chi connectivity index (χ4n) is 3.24. The van der Waals surface area contributed by atoms with Gasteiger partial charge < -0.3 is 19.5 Å². The molecule has 2 aromatic carbocycles. The normalized spacial score (nSPS) is 13.0. The van der Waals surface area contributed by atoms with Crippen LogP contribution in [-0.4, -0.2) is 34.1 Å². The summed E-state index contributed by atoms with van der Waals surface area (Å²) in [6.07, 6.45) is -1.12. The summed E-state index contributed by atoms with van der Waals surface area (Å²) < 4.78 is 18.8. The van der Waals surface area contributed by atoms with E-state index < -0.39 is 18.0 Å². The average molecular weight is 423 g/mol. The van der Waals surface area contributed by atoms with Gasteiger partial charge in [0.2, 0.25) is 6.79 Å². The number of carbonyl (C=O) groups excluding carboxylic acids is 2. The highest BCUT2D eigenvalue weighted by atomic mass is 16.7. The number of fused-ring (bicyclic) bond motifs is 1. The van der Waals surface area contributed by atoms with Gasteiger partial charge in [0.1, 0.15) is 5.69 Å². The largest absolute Gasteiger partial charge is 0.454 e. The summed E-state index contributed by atoms with van der Waals surface area (Å²) in [6.45, 7) is 3.25. The second kappa shape index (κ2) is 8.02. The molecule has 4 rings (SSSR count). The summed E-state index contributed by atoms with van der Waals surface area (Å²) in [5.74, 6) is -0.322. The molecule has 0 unspecified atom stereocenters. The lowest BCUT2D eigenvalue weighted by molar-refractivity contribution is -0.123. The van der Waals surface area contributed by atoms with E-state index in [4.69, 9.17) is 14.2 Å². The lowest BCUT2D eigenvalue weighted by atomic mass is 10.2. The molecule has 9 heteroatoms. The number of nitrogens with one attached hydrogen (secondary N) is 1. The number of hydrogen-bond donors (Lipinski definition) is 1. The van der Waals surface area contributed by atoms with E-state index in [2.05, 4.69) is 5.32 Å². The maximum Gasteiger partial charge on any atom is 0.339 e. The highest BCUT2D eigenvalue weighted by Gasteiger charge is 2.24. The fourth-order valence-corrected chi connectivity index (χ4v) is 3.24. The molecule has 1 amide bonds. The number of anilines is 1. The van der Waals surface area contributed by atoms with Crippen LogP contribution < -0.4 is 20.3 Å². The highest BCUT2D eigenvalue weighted by Crippen LogP contribution is 2.32. The van der Waals surface area contributed by atoms with E-state index >= 15 is 0 Å². The van der Waals surface area contributed by atoms with Gasteiger partial charge in [0.25, 0.3) is 11.5 Å². The van der Waals surface area contributed by atoms with Crippen molar-refractivity contribution in [2.24, 2.45) is 7.05 Å². The Bertz CT molecular complexity index is 1210. The number of esters is 1. The van der Waals surface area contributed by atoms with Crippen molar-refractivity contribution in [1.82, 2.24) is 9.36 Å². The number of aromatic nitrogens is 2. The van der Waals surface area contributed by atoms with Gasteiger partial charge in [-0.25, -0.2) is 9.48 Å². The second-order valence-corrected chi connectivity index (χ2v) is 7.04. The standard InChI is InChI=1S/C22H21N3O6/c1-13-19(21(27)25(24(13)3)16-7-5-4-6-8-16)23-20(26)14(2)31-22(28)15-9-10-17-18(11-15)30-12-29-17/h4-11,14H,12H2,1-3H3,(H,23,26)/t14-/m1/s1. The molecule has 3 aromatic rings. The van der Waals surface area contributed by atoms with Gasteiger partial charge >= 0.3 is 5.97 Å². The Hall–Kier alpha value is -4.01. The Labute approximate surface area is 177 Å². The Morgan fingerprint density at radius 3 is 2.55 bits per heavy atom. The molecule has 1 atom stereocenters. The number of rotatable bonds is 5. The zero-order chi connectivity index (χ0) is 22.1. The van der Waals surface area contributed by atoms with Gasteiger partial charge in [-0.2, -0.15) is 0 Å². The van der Waals surface area contributed by atoms with Gasteiger partial charge in [-0.1, -0.05) is 18.2 Å². The summed E-state index contributed by atoms with van der Waals surface area (Å²) in [4.78, 5) is 38.0. The van der Waals surface area contributed by atoms with Gasteiger partial charge in [-0.05, 0) is 44.2 Å². The lowest BCUT2D eigenvalue weighted by Gasteiger charge is -2.13. The van der Waals surface area contributed by atoms with Gasteiger partial charge in [0.05, 0.1) is 16.9 Å². The van der Waals surface area contributed by atoms with Crippen molar-refractivity contribution in [3.05, 3.63) is 70.1 Å². The molecule has 1 N–H and O–H groups in total. The minimum absolute atomic E-state index is 0.0869. The zero-order valence-electron chi connectivity index (χ0n) is 17.2. The first-order valence-electron chi connectivity index (χ1n) is 9.62. The molecule has 0 radical (unpaired) electrons. The molecule has 160 valence electrons. The van der Waals surface area contributed by atoms with Gasteiger partial charge in [-0.3, -0.25) is 14.3 Å². The van der Waals surface area contributed by atoms with Crippen LogP contribution in [-0.2, 0) is 16.6 Å². The molecular formula is C22H21N3O6. The van der Waals surface area contributed by atoms with Gasteiger partial charge in [0, 0.05) is 7.05 Å². The summed E-state index contributed by atoms with van der Waals surface area (Å²) in [7, 11) is 1.72. The fraction of sp³-hybridized carbons (Fsp3) is 0.227. The van der Waals surface area contributed by atoms with Crippen molar-refractivity contribution in [2.75, 3.05) is 12.1 Å². The number of ether oxygens (including phenoxy) is 3. The molecule has 9 nitrogen and oxygen atoms in total. The lowest BCUT2D eigenvalue weighted by Crippen LogP contribution is -2.32. The molecule has 31 heavy (non-hydrogen) atoms. The van der Waals surface area contributed by atoms with E-state index in [1.54, 1.807) is 36.9 Å². The van der Waals surface area contributed by atoms with Crippen LogP contribution in [0, 0.1) is 6.92 Å². The number of nitrogens with zero attached hydrogens (tertiary/aromatic N) is 2. The third-order valence-electron chi connectivity index (χ3n) is 5.06. The molecule has 2 heterocycles. The SMILES string of the molecule is Cc1c(NC(=O)[C@@H](C)OC(=O)c2ccc3c(c2)OCO3)c(=O)n(-c2ccccc2)n1C. The quantitative estimate of drug-likeness (QED) is 0.633. The molecule has 0 spiro atoms. The Balaban J connectivity index is 1.49. The Kier molecular flexibility index (Phi) is 5.24. The number of hydrogen-bond acceptors (Lipinski definition) is 6. The van der Waals surface area contributed by atoms with Crippen LogP contribution in [0.4, 0.5) is 5.69 Å². The van der Waals surface area contributed by atoms with Gasteiger partial charge in [0.15, 0.2) is 17.6 Å². The first kappa shape index (κ1) is 20.3. The minimum atomic E-state index is -1.12. The summed E-state index contributed by atoms with van der Waals surface area (Å²) >= 11 is 0. The summed E-state index contributed by atoms with van der Waals surface area (Å²) in [6, 6.07) is 13.7. The Morgan fingerprint density at radius 1 is 1.10 bits per heavy atom. The summed E-state index contributed by atoms with van der Waals surface area (Å²) in [5.41, 5.74) is 1.21. The monoisotopic (exact) mass is 423 g/mol. The van der Waals surface area contributed by atoms with E-state index in [1.807, 2.05) is 18.2 Å². The van der Waals surface area contributed by atoms with Gasteiger partial charge in [-0.15, -0.1) is 0 Å². The molecule has 0 bridgehead atoms. The molecule has 0 aliphatic carbocycles. The van der Waals surface area contributed by atoms with Crippen LogP contribution in [0.1, 0.15) is 23.0 Å². The average Bonchev–Trinajstić information content (AvgIpc) is 3.32. The predicted octanol–water partition coefficient (Wildman–Crippen LogP) is 2.40.